The number of carbonyl (C=O) groups is 2. The SMILES string of the molecule is CN(CC[C@@H](OC(=O)Oc1ccccc1)c1cccs1)C(=O)Oc1ccccc1. The topological polar surface area (TPSA) is 65.1 Å². The Balaban J connectivity index is 1.56. The molecular weight excluding hydrogens is 390 g/mol. The second-order valence-corrected chi connectivity index (χ2v) is 7.16. The number of para-hydroxylation sites is 2. The Morgan fingerprint density at radius 2 is 1.52 bits per heavy atom. The molecular formula is C22H21NO5S. The lowest BCUT2D eigenvalue weighted by Gasteiger charge is -2.21. The van der Waals surface area contributed by atoms with Crippen LogP contribution in [-0.4, -0.2) is 30.7 Å². The molecule has 7 heteroatoms. The predicted molar refractivity (Wildman–Crippen MR) is 110 cm³/mol. The van der Waals surface area contributed by atoms with Gasteiger partial charge in [0, 0.05) is 24.9 Å². The molecule has 29 heavy (non-hydrogen) atoms. The Hall–Kier alpha value is -3.32. The van der Waals surface area contributed by atoms with E-state index in [-0.39, 0.29) is 0 Å². The van der Waals surface area contributed by atoms with E-state index in [9.17, 15) is 9.59 Å². The van der Waals surface area contributed by atoms with Gasteiger partial charge in [-0.25, -0.2) is 9.59 Å². The normalized spacial score (nSPS) is 11.3. The number of carbonyl (C=O) groups excluding carboxylic acids is 2. The molecule has 3 rings (SSSR count). The van der Waals surface area contributed by atoms with E-state index in [1.807, 2.05) is 29.6 Å². The summed E-state index contributed by atoms with van der Waals surface area (Å²) in [4.78, 5) is 26.8. The Morgan fingerprint density at radius 1 is 0.897 bits per heavy atom. The van der Waals surface area contributed by atoms with E-state index in [0.29, 0.717) is 24.5 Å². The van der Waals surface area contributed by atoms with Crippen molar-refractivity contribution >= 4 is 23.6 Å². The number of amides is 1. The first-order valence-corrected chi connectivity index (χ1v) is 9.94. The van der Waals surface area contributed by atoms with Gasteiger partial charge in [-0.15, -0.1) is 11.3 Å². The highest BCUT2D eigenvalue weighted by Crippen LogP contribution is 2.27. The van der Waals surface area contributed by atoms with E-state index in [1.54, 1.807) is 55.6 Å². The van der Waals surface area contributed by atoms with Gasteiger partial charge >= 0.3 is 12.2 Å². The van der Waals surface area contributed by atoms with Gasteiger partial charge < -0.3 is 19.1 Å². The van der Waals surface area contributed by atoms with E-state index in [1.165, 1.54) is 16.2 Å². The van der Waals surface area contributed by atoms with E-state index in [0.717, 1.165) is 4.88 Å². The number of nitrogens with zero attached hydrogens (tertiary/aromatic N) is 1. The minimum Gasteiger partial charge on any atom is -0.425 e. The molecule has 1 aromatic heterocycles. The largest absolute Gasteiger partial charge is 0.514 e. The maximum atomic E-state index is 12.2. The van der Waals surface area contributed by atoms with Crippen LogP contribution in [0.15, 0.2) is 78.2 Å². The fourth-order valence-corrected chi connectivity index (χ4v) is 3.32. The van der Waals surface area contributed by atoms with Crippen LogP contribution in [0.2, 0.25) is 0 Å². The molecule has 0 saturated carbocycles. The molecule has 0 aliphatic heterocycles. The van der Waals surface area contributed by atoms with Gasteiger partial charge in [0.1, 0.15) is 17.6 Å². The lowest BCUT2D eigenvalue weighted by molar-refractivity contribution is 0.0519. The first kappa shape index (κ1) is 20.4. The minimum absolute atomic E-state index is 0.340. The third kappa shape index (κ3) is 6.36. The van der Waals surface area contributed by atoms with Gasteiger partial charge in [-0.05, 0) is 35.7 Å². The minimum atomic E-state index is -0.788. The fourth-order valence-electron chi connectivity index (χ4n) is 2.53. The van der Waals surface area contributed by atoms with Crippen LogP contribution in [0, 0.1) is 0 Å². The Morgan fingerprint density at radius 3 is 2.10 bits per heavy atom. The van der Waals surface area contributed by atoms with Gasteiger partial charge in [0.15, 0.2) is 0 Å². The summed E-state index contributed by atoms with van der Waals surface area (Å²) in [5.41, 5.74) is 0. The fraction of sp³-hybridized carbons (Fsp3) is 0.182. The molecule has 150 valence electrons. The zero-order valence-corrected chi connectivity index (χ0v) is 16.7. The molecule has 3 aromatic rings. The Bertz CT molecular complexity index is 899. The molecule has 0 aliphatic rings. The van der Waals surface area contributed by atoms with Crippen LogP contribution in [0.5, 0.6) is 11.5 Å². The average molecular weight is 411 g/mol. The van der Waals surface area contributed by atoms with E-state index in [2.05, 4.69) is 0 Å². The highest BCUT2D eigenvalue weighted by Gasteiger charge is 2.21. The number of hydrogen-bond donors (Lipinski definition) is 0. The molecule has 0 saturated heterocycles. The number of rotatable bonds is 7. The summed E-state index contributed by atoms with van der Waals surface area (Å²) in [5, 5.41) is 1.90. The summed E-state index contributed by atoms with van der Waals surface area (Å²) in [6.45, 7) is 0.340. The van der Waals surface area contributed by atoms with E-state index >= 15 is 0 Å². The average Bonchev–Trinajstić information content (AvgIpc) is 3.27. The van der Waals surface area contributed by atoms with Crippen molar-refractivity contribution in [1.29, 1.82) is 0 Å². The lowest BCUT2D eigenvalue weighted by atomic mass is 10.2. The van der Waals surface area contributed by atoms with Crippen molar-refractivity contribution in [2.24, 2.45) is 0 Å². The molecule has 0 N–H and O–H groups in total. The van der Waals surface area contributed by atoms with Gasteiger partial charge in [-0.2, -0.15) is 0 Å². The Kier molecular flexibility index (Phi) is 7.24. The molecule has 0 bridgehead atoms. The predicted octanol–water partition coefficient (Wildman–Crippen LogP) is 5.53. The Labute approximate surface area is 173 Å². The summed E-state index contributed by atoms with van der Waals surface area (Å²) < 4.78 is 16.0. The van der Waals surface area contributed by atoms with Crippen molar-refractivity contribution in [2.45, 2.75) is 12.5 Å². The third-order valence-corrected chi connectivity index (χ3v) is 4.99. The number of benzene rings is 2. The van der Waals surface area contributed by atoms with Gasteiger partial charge in [0.05, 0.1) is 0 Å². The summed E-state index contributed by atoms with van der Waals surface area (Å²) in [6, 6.07) is 21.3. The standard InChI is InChI=1S/C22H21NO5S/c1-23(21(24)26-17-9-4-2-5-10-17)15-14-19(20-13-8-16-29-20)28-22(25)27-18-11-6-3-7-12-18/h2-13,16,19H,14-15H2,1H3/t19-/m1/s1. The third-order valence-electron chi connectivity index (χ3n) is 4.03. The molecule has 0 radical (unpaired) electrons. The van der Waals surface area contributed by atoms with Crippen LogP contribution in [0.25, 0.3) is 0 Å². The highest BCUT2D eigenvalue weighted by molar-refractivity contribution is 7.10. The van der Waals surface area contributed by atoms with Crippen molar-refractivity contribution < 1.29 is 23.8 Å². The number of thiophene rings is 1. The highest BCUT2D eigenvalue weighted by atomic mass is 32.1. The zero-order valence-electron chi connectivity index (χ0n) is 15.9. The molecule has 0 fully saturated rings. The van der Waals surface area contributed by atoms with Crippen LogP contribution in [0.4, 0.5) is 9.59 Å². The molecule has 6 nitrogen and oxygen atoms in total. The molecule has 1 amide bonds. The smallest absolute Gasteiger partial charge is 0.425 e. The summed E-state index contributed by atoms with van der Waals surface area (Å²) in [5.74, 6) is 0.882. The molecule has 0 aliphatic carbocycles. The number of ether oxygens (including phenoxy) is 3. The lowest BCUT2D eigenvalue weighted by Crippen LogP contribution is -2.31. The van der Waals surface area contributed by atoms with Crippen molar-refractivity contribution in [3.05, 3.63) is 83.1 Å². The van der Waals surface area contributed by atoms with E-state index < -0.39 is 18.4 Å². The van der Waals surface area contributed by atoms with E-state index in [4.69, 9.17) is 14.2 Å². The summed E-state index contributed by atoms with van der Waals surface area (Å²) >= 11 is 1.47. The molecule has 2 aromatic carbocycles. The summed E-state index contributed by atoms with van der Waals surface area (Å²) in [7, 11) is 1.64. The second-order valence-electron chi connectivity index (χ2n) is 6.18. The van der Waals surface area contributed by atoms with Crippen LogP contribution < -0.4 is 9.47 Å². The molecule has 1 heterocycles. The van der Waals surface area contributed by atoms with Crippen molar-refractivity contribution in [3.8, 4) is 11.5 Å². The van der Waals surface area contributed by atoms with Crippen molar-refractivity contribution in [3.63, 3.8) is 0 Å². The first-order chi connectivity index (χ1) is 14.1. The maximum absolute atomic E-state index is 12.2. The van der Waals surface area contributed by atoms with Crippen molar-refractivity contribution in [1.82, 2.24) is 4.90 Å². The van der Waals surface area contributed by atoms with Crippen LogP contribution in [-0.2, 0) is 4.74 Å². The van der Waals surface area contributed by atoms with Crippen LogP contribution >= 0.6 is 11.3 Å². The summed E-state index contributed by atoms with van der Waals surface area (Å²) in [6.07, 6.45) is -1.39. The van der Waals surface area contributed by atoms with Gasteiger partial charge in [0.25, 0.3) is 0 Å². The van der Waals surface area contributed by atoms with Gasteiger partial charge in [0.2, 0.25) is 0 Å². The van der Waals surface area contributed by atoms with Crippen LogP contribution in [0.1, 0.15) is 17.4 Å². The molecule has 0 unspecified atom stereocenters. The first-order valence-electron chi connectivity index (χ1n) is 9.07. The zero-order chi connectivity index (χ0) is 20.5. The monoisotopic (exact) mass is 411 g/mol. The van der Waals surface area contributed by atoms with Crippen LogP contribution in [0.3, 0.4) is 0 Å². The van der Waals surface area contributed by atoms with Gasteiger partial charge in [-0.3, -0.25) is 0 Å². The van der Waals surface area contributed by atoms with Gasteiger partial charge in [-0.1, -0.05) is 42.5 Å². The van der Waals surface area contributed by atoms with Crippen molar-refractivity contribution in [2.75, 3.05) is 13.6 Å². The maximum Gasteiger partial charge on any atom is 0.514 e. The quantitative estimate of drug-likeness (QED) is 0.378. The number of hydrogen-bond acceptors (Lipinski definition) is 6. The molecule has 0 spiro atoms. The molecule has 1 atom stereocenters. The second kappa shape index (κ2) is 10.3.